The Bertz CT molecular complexity index is 901. The van der Waals surface area contributed by atoms with E-state index in [-0.39, 0.29) is 25.9 Å². The summed E-state index contributed by atoms with van der Waals surface area (Å²) < 4.78 is 18.5. The van der Waals surface area contributed by atoms with Gasteiger partial charge < -0.3 is 15.2 Å². The van der Waals surface area contributed by atoms with E-state index >= 15 is 0 Å². The lowest BCUT2D eigenvalue weighted by Gasteiger charge is -2.18. The Morgan fingerprint density at radius 2 is 1.83 bits per heavy atom. The predicted molar refractivity (Wildman–Crippen MR) is 111 cm³/mol. The van der Waals surface area contributed by atoms with Gasteiger partial charge in [-0.1, -0.05) is 35.9 Å². The van der Waals surface area contributed by atoms with Crippen LogP contribution in [0.15, 0.2) is 42.5 Å². The lowest BCUT2D eigenvalue weighted by molar-refractivity contribution is -0.144. The number of esters is 1. The van der Waals surface area contributed by atoms with Crippen molar-refractivity contribution >= 4 is 29.4 Å². The van der Waals surface area contributed by atoms with Crippen molar-refractivity contribution in [2.75, 3.05) is 6.61 Å². The van der Waals surface area contributed by atoms with E-state index in [9.17, 15) is 18.8 Å². The summed E-state index contributed by atoms with van der Waals surface area (Å²) in [6.07, 6.45) is -0.161. The number of aliphatic carboxylic acids is 1. The SMILES string of the molecule is CCOC(=O)C[C@@H](Cc1ccc(-c2cc(F)ccc2Cl)cc1)NC(=O)CCC(=O)O. The molecule has 1 amide bonds. The number of halogens is 2. The molecule has 30 heavy (non-hydrogen) atoms. The maximum atomic E-state index is 13.5. The first-order valence-electron chi connectivity index (χ1n) is 9.49. The molecule has 1 atom stereocenters. The van der Waals surface area contributed by atoms with E-state index in [0.717, 1.165) is 11.1 Å². The van der Waals surface area contributed by atoms with Crippen molar-refractivity contribution in [3.63, 3.8) is 0 Å². The Hall–Kier alpha value is -2.93. The van der Waals surface area contributed by atoms with Crippen LogP contribution in [0.2, 0.25) is 5.02 Å². The number of carboxylic acids is 1. The van der Waals surface area contributed by atoms with E-state index < -0.39 is 29.7 Å². The molecule has 0 aromatic heterocycles. The molecule has 160 valence electrons. The van der Waals surface area contributed by atoms with Crippen LogP contribution in [0.3, 0.4) is 0 Å². The Morgan fingerprint density at radius 3 is 2.47 bits per heavy atom. The first-order valence-corrected chi connectivity index (χ1v) is 9.87. The molecule has 2 aromatic carbocycles. The van der Waals surface area contributed by atoms with Crippen molar-refractivity contribution in [2.24, 2.45) is 0 Å². The van der Waals surface area contributed by atoms with Crippen LogP contribution in [-0.4, -0.2) is 35.6 Å². The van der Waals surface area contributed by atoms with Crippen LogP contribution in [0.4, 0.5) is 4.39 Å². The molecule has 2 aromatic rings. The van der Waals surface area contributed by atoms with Gasteiger partial charge in [0.05, 0.1) is 19.4 Å². The number of amides is 1. The summed E-state index contributed by atoms with van der Waals surface area (Å²) in [6, 6.07) is 10.7. The highest BCUT2D eigenvalue weighted by Crippen LogP contribution is 2.29. The number of carbonyl (C=O) groups excluding carboxylic acids is 2. The van der Waals surface area contributed by atoms with Crippen molar-refractivity contribution in [1.82, 2.24) is 5.32 Å². The van der Waals surface area contributed by atoms with Gasteiger partial charge in [-0.25, -0.2) is 4.39 Å². The quantitative estimate of drug-likeness (QED) is 0.550. The van der Waals surface area contributed by atoms with Crippen LogP contribution >= 0.6 is 11.6 Å². The molecule has 0 aliphatic rings. The van der Waals surface area contributed by atoms with Gasteiger partial charge in [-0.2, -0.15) is 0 Å². The summed E-state index contributed by atoms with van der Waals surface area (Å²) in [6.45, 7) is 1.91. The Labute approximate surface area is 179 Å². The van der Waals surface area contributed by atoms with Crippen molar-refractivity contribution in [3.8, 4) is 11.1 Å². The van der Waals surface area contributed by atoms with Gasteiger partial charge >= 0.3 is 11.9 Å². The average molecular weight is 436 g/mol. The molecule has 0 fully saturated rings. The molecule has 0 radical (unpaired) electrons. The molecule has 2 rings (SSSR count). The second-order valence-corrected chi connectivity index (χ2v) is 7.10. The summed E-state index contributed by atoms with van der Waals surface area (Å²) >= 11 is 6.14. The molecule has 0 bridgehead atoms. The minimum Gasteiger partial charge on any atom is -0.481 e. The fraction of sp³-hybridized carbons (Fsp3) is 0.318. The van der Waals surface area contributed by atoms with Crippen molar-refractivity contribution in [1.29, 1.82) is 0 Å². The summed E-state index contributed by atoms with van der Waals surface area (Å²) in [5.74, 6) is -2.37. The maximum absolute atomic E-state index is 13.5. The number of ether oxygens (including phenoxy) is 1. The van der Waals surface area contributed by atoms with Gasteiger partial charge in [0.1, 0.15) is 5.82 Å². The summed E-state index contributed by atoms with van der Waals surface area (Å²) in [4.78, 5) is 34.6. The Balaban J connectivity index is 2.11. The predicted octanol–water partition coefficient (Wildman–Crippen LogP) is 3.99. The van der Waals surface area contributed by atoms with E-state index in [4.69, 9.17) is 21.4 Å². The number of hydrogen-bond acceptors (Lipinski definition) is 4. The molecule has 8 heteroatoms. The highest BCUT2D eigenvalue weighted by molar-refractivity contribution is 6.33. The van der Waals surface area contributed by atoms with Crippen LogP contribution in [-0.2, 0) is 25.5 Å². The third kappa shape index (κ3) is 7.48. The minimum atomic E-state index is -1.07. The second-order valence-electron chi connectivity index (χ2n) is 6.69. The average Bonchev–Trinajstić information content (AvgIpc) is 2.69. The zero-order valence-corrected chi connectivity index (χ0v) is 17.2. The highest BCUT2D eigenvalue weighted by atomic mass is 35.5. The maximum Gasteiger partial charge on any atom is 0.307 e. The Morgan fingerprint density at radius 1 is 1.13 bits per heavy atom. The van der Waals surface area contributed by atoms with E-state index in [0.29, 0.717) is 17.0 Å². The molecule has 0 heterocycles. The fourth-order valence-electron chi connectivity index (χ4n) is 2.94. The smallest absolute Gasteiger partial charge is 0.307 e. The van der Waals surface area contributed by atoms with E-state index in [2.05, 4.69) is 5.32 Å². The van der Waals surface area contributed by atoms with Crippen molar-refractivity contribution in [3.05, 3.63) is 58.9 Å². The highest BCUT2D eigenvalue weighted by Gasteiger charge is 2.18. The normalized spacial score (nSPS) is 11.6. The van der Waals surface area contributed by atoms with Gasteiger partial charge in [-0.05, 0) is 42.7 Å². The number of hydrogen-bond donors (Lipinski definition) is 2. The first kappa shape index (κ1) is 23.3. The van der Waals surface area contributed by atoms with Gasteiger partial charge in [0, 0.05) is 23.0 Å². The van der Waals surface area contributed by atoms with E-state index in [1.54, 1.807) is 31.2 Å². The number of nitrogens with one attached hydrogen (secondary N) is 1. The van der Waals surface area contributed by atoms with Crippen LogP contribution < -0.4 is 5.32 Å². The fourth-order valence-corrected chi connectivity index (χ4v) is 3.17. The molecule has 2 N–H and O–H groups in total. The van der Waals surface area contributed by atoms with E-state index in [1.165, 1.54) is 18.2 Å². The molecule has 0 saturated carbocycles. The van der Waals surface area contributed by atoms with Gasteiger partial charge in [0.25, 0.3) is 0 Å². The monoisotopic (exact) mass is 435 g/mol. The molecule has 0 spiro atoms. The zero-order valence-electron chi connectivity index (χ0n) is 16.5. The van der Waals surface area contributed by atoms with Crippen LogP contribution in [0, 0.1) is 5.82 Å². The summed E-state index contributed by atoms with van der Waals surface area (Å²) in [5, 5.41) is 11.8. The van der Waals surface area contributed by atoms with Gasteiger partial charge in [-0.3, -0.25) is 14.4 Å². The standard InChI is InChI=1S/C22H23ClFNO5/c1-2-30-22(29)13-17(25-20(26)9-10-21(27)28)11-14-3-5-15(6-4-14)18-12-16(24)7-8-19(18)23/h3-8,12,17H,2,9-11,13H2,1H3,(H,25,26)(H,27,28)/t17-/m1/s1. The van der Waals surface area contributed by atoms with Crippen LogP contribution in [0.1, 0.15) is 31.7 Å². The number of carboxylic acid groups (broad SMARTS) is 1. The molecule has 0 unspecified atom stereocenters. The largest absolute Gasteiger partial charge is 0.481 e. The molecule has 0 aliphatic carbocycles. The Kier molecular flexibility index (Phi) is 8.80. The number of benzene rings is 2. The summed E-state index contributed by atoms with van der Waals surface area (Å²) in [7, 11) is 0. The number of rotatable bonds is 10. The van der Waals surface area contributed by atoms with Gasteiger partial charge in [0.15, 0.2) is 0 Å². The van der Waals surface area contributed by atoms with Crippen LogP contribution in [0.25, 0.3) is 11.1 Å². The lowest BCUT2D eigenvalue weighted by atomic mass is 9.99. The second kappa shape index (κ2) is 11.3. The first-order chi connectivity index (χ1) is 14.3. The van der Waals surface area contributed by atoms with Crippen LogP contribution in [0.5, 0.6) is 0 Å². The third-order valence-electron chi connectivity index (χ3n) is 4.32. The van der Waals surface area contributed by atoms with Gasteiger partial charge in [0.2, 0.25) is 5.91 Å². The zero-order chi connectivity index (χ0) is 22.1. The molecule has 6 nitrogen and oxygen atoms in total. The van der Waals surface area contributed by atoms with E-state index in [1.807, 2.05) is 0 Å². The molecular weight excluding hydrogens is 413 g/mol. The van der Waals surface area contributed by atoms with Gasteiger partial charge in [-0.15, -0.1) is 0 Å². The lowest BCUT2D eigenvalue weighted by Crippen LogP contribution is -2.38. The summed E-state index contributed by atoms with van der Waals surface area (Å²) in [5.41, 5.74) is 2.13. The molecular formula is C22H23ClFNO5. The molecule has 0 saturated heterocycles. The molecule has 0 aliphatic heterocycles. The minimum absolute atomic E-state index is 0.0376. The van der Waals surface area contributed by atoms with Crippen molar-refractivity contribution < 1.29 is 28.6 Å². The topological polar surface area (TPSA) is 92.7 Å². The number of carbonyl (C=O) groups is 3. The third-order valence-corrected chi connectivity index (χ3v) is 4.65. The van der Waals surface area contributed by atoms with Crippen molar-refractivity contribution in [2.45, 2.75) is 38.6 Å².